The van der Waals surface area contributed by atoms with E-state index in [9.17, 15) is 30.3 Å². The van der Waals surface area contributed by atoms with Gasteiger partial charge >= 0.3 is 0 Å². The fourth-order valence-electron chi connectivity index (χ4n) is 13.6. The third-order valence-electron chi connectivity index (χ3n) is 16.7. The Kier molecular flexibility index (Phi) is 10.8. The highest BCUT2D eigenvalue weighted by molar-refractivity contribution is 5.95. The molecule has 0 aromatic carbocycles. The molecule has 7 rings (SSSR count). The SMILES string of the molecule is CCCCCCC1COC2C1CCCCC2(O)C(C)(O)C1CCC2(O)C3=CC(=O)C4CC(O)C(O)CC4(CCC4CCC(N)NC4)C3CCC12C. The molecular weight excluding hydrogens is 644 g/mol. The zero-order valence-corrected chi connectivity index (χ0v) is 31.8. The van der Waals surface area contributed by atoms with Crippen LogP contribution < -0.4 is 11.1 Å². The fourth-order valence-corrected chi connectivity index (χ4v) is 13.6. The van der Waals surface area contributed by atoms with Gasteiger partial charge in [0.15, 0.2) is 5.78 Å². The average molecular weight is 715 g/mol. The van der Waals surface area contributed by atoms with Crippen molar-refractivity contribution in [3.05, 3.63) is 11.6 Å². The fraction of sp³-hybridized carbons (Fsp3) is 0.929. The van der Waals surface area contributed by atoms with E-state index in [1.165, 1.54) is 25.7 Å². The summed E-state index contributed by atoms with van der Waals surface area (Å²) < 4.78 is 6.55. The number of piperidine rings is 1. The minimum absolute atomic E-state index is 0.0153. The van der Waals surface area contributed by atoms with E-state index in [2.05, 4.69) is 19.2 Å². The summed E-state index contributed by atoms with van der Waals surface area (Å²) in [6.45, 7) is 7.62. The van der Waals surface area contributed by atoms with Crippen molar-refractivity contribution in [2.24, 2.45) is 52.1 Å². The lowest BCUT2D eigenvalue weighted by atomic mass is 9.43. The lowest BCUT2D eigenvalue weighted by Gasteiger charge is -2.62. The van der Waals surface area contributed by atoms with Crippen LogP contribution in [-0.2, 0) is 9.53 Å². The van der Waals surface area contributed by atoms with Crippen LogP contribution in [0.3, 0.4) is 0 Å². The monoisotopic (exact) mass is 715 g/mol. The Balaban J connectivity index is 1.17. The molecule has 0 amide bonds. The van der Waals surface area contributed by atoms with E-state index < -0.39 is 57.8 Å². The van der Waals surface area contributed by atoms with E-state index in [1.807, 2.05) is 6.92 Å². The van der Waals surface area contributed by atoms with Crippen LogP contribution in [0.25, 0.3) is 0 Å². The van der Waals surface area contributed by atoms with E-state index in [4.69, 9.17) is 10.5 Å². The zero-order valence-electron chi connectivity index (χ0n) is 31.8. The van der Waals surface area contributed by atoms with E-state index in [-0.39, 0.29) is 30.2 Å². The van der Waals surface area contributed by atoms with Crippen molar-refractivity contribution in [2.45, 2.75) is 184 Å². The predicted octanol–water partition coefficient (Wildman–Crippen LogP) is 4.89. The normalized spacial score (nSPS) is 49.6. The van der Waals surface area contributed by atoms with Crippen LogP contribution in [-0.4, -0.2) is 85.7 Å². The van der Waals surface area contributed by atoms with Gasteiger partial charge in [-0.15, -0.1) is 0 Å². The maximum Gasteiger partial charge on any atom is 0.159 e. The molecule has 2 heterocycles. The quantitative estimate of drug-likeness (QED) is 0.156. The second-order valence-electron chi connectivity index (χ2n) is 19.2. The molecule has 0 bridgehead atoms. The summed E-state index contributed by atoms with van der Waals surface area (Å²) >= 11 is 0. The molecule has 5 aliphatic carbocycles. The summed E-state index contributed by atoms with van der Waals surface area (Å²) in [4.78, 5) is 14.2. The van der Waals surface area contributed by atoms with Gasteiger partial charge in [-0.05, 0) is 144 Å². The number of allylic oxidation sites excluding steroid dienone is 1. The van der Waals surface area contributed by atoms with Crippen LogP contribution >= 0.6 is 0 Å². The Morgan fingerprint density at radius 2 is 1.78 bits per heavy atom. The second kappa shape index (κ2) is 14.3. The highest BCUT2D eigenvalue weighted by Crippen LogP contribution is 2.70. The number of nitrogens with one attached hydrogen (secondary N) is 1. The average Bonchev–Trinajstić information content (AvgIpc) is 3.58. The minimum Gasteiger partial charge on any atom is -0.390 e. The number of aliphatic hydroxyl groups is 5. The minimum atomic E-state index is -1.51. The molecule has 8 N–H and O–H groups in total. The van der Waals surface area contributed by atoms with Gasteiger partial charge in [0.1, 0.15) is 5.60 Å². The number of hydrogen-bond acceptors (Lipinski definition) is 9. The van der Waals surface area contributed by atoms with Crippen molar-refractivity contribution in [3.8, 4) is 0 Å². The number of ether oxygens (including phenoxy) is 1. The van der Waals surface area contributed by atoms with Crippen molar-refractivity contribution in [2.75, 3.05) is 13.2 Å². The maximum atomic E-state index is 14.2. The number of carbonyl (C=O) groups is 1. The third-order valence-corrected chi connectivity index (χ3v) is 16.7. The first-order valence-electron chi connectivity index (χ1n) is 21.1. The number of ketones is 1. The molecule has 4 saturated carbocycles. The van der Waals surface area contributed by atoms with Crippen LogP contribution in [0.5, 0.6) is 0 Å². The predicted molar refractivity (Wildman–Crippen MR) is 196 cm³/mol. The topological polar surface area (TPSA) is 166 Å². The first-order valence-corrected chi connectivity index (χ1v) is 21.1. The van der Waals surface area contributed by atoms with Crippen molar-refractivity contribution < 1.29 is 35.1 Å². The van der Waals surface area contributed by atoms with Gasteiger partial charge in [0, 0.05) is 11.3 Å². The molecule has 15 atom stereocenters. The number of aliphatic hydroxyl groups excluding tert-OH is 2. The molecule has 2 aliphatic heterocycles. The van der Waals surface area contributed by atoms with Gasteiger partial charge < -0.3 is 41.3 Å². The van der Waals surface area contributed by atoms with E-state index in [1.54, 1.807) is 6.08 Å². The molecule has 9 nitrogen and oxygen atoms in total. The van der Waals surface area contributed by atoms with Crippen LogP contribution in [0.4, 0.5) is 0 Å². The summed E-state index contributed by atoms with van der Waals surface area (Å²) in [7, 11) is 0. The Labute approximate surface area is 306 Å². The van der Waals surface area contributed by atoms with Gasteiger partial charge in [0.2, 0.25) is 0 Å². The third kappa shape index (κ3) is 6.15. The van der Waals surface area contributed by atoms with Gasteiger partial charge in [-0.2, -0.15) is 0 Å². The molecule has 290 valence electrons. The van der Waals surface area contributed by atoms with Gasteiger partial charge in [0.25, 0.3) is 0 Å². The lowest BCUT2D eigenvalue weighted by Crippen LogP contribution is -2.68. The molecule has 6 fully saturated rings. The molecule has 0 aromatic rings. The molecule has 0 aromatic heterocycles. The maximum absolute atomic E-state index is 14.2. The molecule has 15 unspecified atom stereocenters. The highest BCUT2D eigenvalue weighted by atomic mass is 16.5. The molecule has 51 heavy (non-hydrogen) atoms. The summed E-state index contributed by atoms with van der Waals surface area (Å²) in [6.07, 6.45) is 15.3. The van der Waals surface area contributed by atoms with E-state index >= 15 is 0 Å². The van der Waals surface area contributed by atoms with Gasteiger partial charge in [-0.25, -0.2) is 0 Å². The number of carbonyl (C=O) groups excluding carboxylic acids is 1. The molecule has 7 aliphatic rings. The smallest absolute Gasteiger partial charge is 0.159 e. The first-order chi connectivity index (χ1) is 24.2. The van der Waals surface area contributed by atoms with Gasteiger partial charge in [0.05, 0.1) is 42.3 Å². The standard InChI is InChI=1S/C42H70N2O7/c1-4-5-6-7-10-27-25-51-37-28(27)11-8-9-17-42(37,50)39(3,48)35-16-20-41(49)30-21-32(45)31-22-33(46)34(47)23-40(31,29(30)15-18-38(35,41)2)19-14-26-12-13-36(43)44-24-26/h21,26-29,31,33-37,44,46-50H,4-20,22-25,43H2,1-3H3. The van der Waals surface area contributed by atoms with Gasteiger partial charge in [-0.3, -0.25) is 4.79 Å². The van der Waals surface area contributed by atoms with E-state index in [0.29, 0.717) is 50.5 Å². The zero-order chi connectivity index (χ0) is 36.4. The largest absolute Gasteiger partial charge is 0.390 e. The number of rotatable bonds is 10. The summed E-state index contributed by atoms with van der Waals surface area (Å²) in [5, 5.41) is 64.3. The summed E-state index contributed by atoms with van der Waals surface area (Å²) in [5.41, 5.74) is 1.32. The van der Waals surface area contributed by atoms with Crippen molar-refractivity contribution >= 4 is 5.78 Å². The number of nitrogens with two attached hydrogens (primary N) is 1. The number of hydrogen-bond donors (Lipinski definition) is 7. The molecular formula is C42H70N2O7. The first kappa shape index (κ1) is 38.4. The summed E-state index contributed by atoms with van der Waals surface area (Å²) in [6, 6.07) is 0. The van der Waals surface area contributed by atoms with Gasteiger partial charge in [-0.1, -0.05) is 52.4 Å². The van der Waals surface area contributed by atoms with Crippen LogP contribution in [0.2, 0.25) is 0 Å². The van der Waals surface area contributed by atoms with Crippen LogP contribution in [0.1, 0.15) is 143 Å². The Morgan fingerprint density at radius 3 is 2.53 bits per heavy atom. The highest BCUT2D eigenvalue weighted by Gasteiger charge is 2.72. The summed E-state index contributed by atoms with van der Waals surface area (Å²) in [5.74, 6) is 0.106. The molecule has 0 radical (unpaired) electrons. The Bertz CT molecular complexity index is 1300. The second-order valence-corrected chi connectivity index (χ2v) is 19.2. The number of unbranched alkanes of at least 4 members (excludes halogenated alkanes) is 3. The molecule has 2 saturated heterocycles. The van der Waals surface area contributed by atoms with Crippen LogP contribution in [0, 0.1) is 46.3 Å². The Hall–Kier alpha value is -0.910. The van der Waals surface area contributed by atoms with Crippen molar-refractivity contribution in [1.82, 2.24) is 5.32 Å². The van der Waals surface area contributed by atoms with Crippen molar-refractivity contribution in [1.29, 1.82) is 0 Å². The molecule has 0 spiro atoms. The lowest BCUT2D eigenvalue weighted by molar-refractivity contribution is -0.248. The van der Waals surface area contributed by atoms with E-state index in [0.717, 1.165) is 69.9 Å². The number of fused-ring (bicyclic) bond motifs is 6. The van der Waals surface area contributed by atoms with Crippen LogP contribution in [0.15, 0.2) is 11.6 Å². The molecule has 9 heteroatoms. The Morgan fingerprint density at radius 1 is 0.980 bits per heavy atom. The van der Waals surface area contributed by atoms with Crippen molar-refractivity contribution in [3.63, 3.8) is 0 Å².